The van der Waals surface area contributed by atoms with Crippen LogP contribution < -0.4 is 10.6 Å². The third-order valence-electron chi connectivity index (χ3n) is 3.52. The highest BCUT2D eigenvalue weighted by Crippen LogP contribution is 2.29. The van der Waals surface area contributed by atoms with Crippen LogP contribution >= 0.6 is 0 Å². The van der Waals surface area contributed by atoms with Crippen LogP contribution in [0.25, 0.3) is 0 Å². The monoisotopic (exact) mass is 262 g/mol. The lowest BCUT2D eigenvalue weighted by molar-refractivity contribution is 0.0258. The van der Waals surface area contributed by atoms with E-state index in [1.54, 1.807) is 0 Å². The zero-order chi connectivity index (χ0) is 13.7. The van der Waals surface area contributed by atoms with Gasteiger partial charge >= 0.3 is 0 Å². The molecule has 1 fully saturated rings. The Bertz CT molecular complexity index is 392. The Morgan fingerprint density at radius 2 is 2.11 bits per heavy atom. The van der Waals surface area contributed by atoms with Crippen LogP contribution in [0.1, 0.15) is 32.8 Å². The van der Waals surface area contributed by atoms with Gasteiger partial charge in [0.1, 0.15) is 0 Å². The van der Waals surface area contributed by atoms with Crippen LogP contribution in [0.15, 0.2) is 24.3 Å². The van der Waals surface area contributed by atoms with E-state index in [1.165, 1.54) is 11.3 Å². The van der Waals surface area contributed by atoms with Gasteiger partial charge in [0.05, 0.1) is 12.7 Å². The molecule has 1 aromatic carbocycles. The molecule has 1 atom stereocenters. The summed E-state index contributed by atoms with van der Waals surface area (Å²) in [6.07, 6.45) is 1.40. The van der Waals surface area contributed by atoms with Gasteiger partial charge in [-0.15, -0.1) is 0 Å². The molecule has 0 saturated carbocycles. The van der Waals surface area contributed by atoms with Crippen molar-refractivity contribution in [2.75, 3.05) is 31.6 Å². The molecule has 0 spiro atoms. The number of nitrogens with one attached hydrogen (secondary N) is 2. The molecule has 0 aliphatic carbocycles. The quantitative estimate of drug-likeness (QED) is 0.875. The molecule has 0 amide bonds. The van der Waals surface area contributed by atoms with Crippen LogP contribution in [-0.2, 0) is 10.2 Å². The maximum Gasteiger partial charge on any atom is 0.0716 e. The smallest absolute Gasteiger partial charge is 0.0716 e. The van der Waals surface area contributed by atoms with Gasteiger partial charge in [-0.25, -0.2) is 0 Å². The van der Waals surface area contributed by atoms with E-state index >= 15 is 0 Å². The number of ether oxygens (including phenoxy) is 1. The average Bonchev–Trinajstić information content (AvgIpc) is 2.39. The van der Waals surface area contributed by atoms with Gasteiger partial charge in [-0.3, -0.25) is 0 Å². The van der Waals surface area contributed by atoms with Crippen LogP contribution in [-0.4, -0.2) is 32.3 Å². The number of benzene rings is 1. The van der Waals surface area contributed by atoms with Crippen molar-refractivity contribution < 1.29 is 4.74 Å². The van der Waals surface area contributed by atoms with Gasteiger partial charge in [-0.2, -0.15) is 0 Å². The Hall–Kier alpha value is -1.06. The summed E-state index contributed by atoms with van der Waals surface area (Å²) in [5, 5.41) is 6.93. The SMILES string of the molecule is CC(C)(C)c1ccccc1NCCC1CNCCO1. The van der Waals surface area contributed by atoms with E-state index in [0.717, 1.165) is 32.7 Å². The minimum Gasteiger partial charge on any atom is -0.385 e. The van der Waals surface area contributed by atoms with E-state index in [0.29, 0.717) is 6.10 Å². The molecule has 106 valence electrons. The maximum atomic E-state index is 5.71. The fourth-order valence-electron chi connectivity index (χ4n) is 2.46. The number of hydrogen-bond acceptors (Lipinski definition) is 3. The Kier molecular flexibility index (Phi) is 4.83. The van der Waals surface area contributed by atoms with E-state index < -0.39 is 0 Å². The van der Waals surface area contributed by atoms with E-state index in [-0.39, 0.29) is 5.41 Å². The van der Waals surface area contributed by atoms with Gasteiger partial charge in [0, 0.05) is 25.3 Å². The van der Waals surface area contributed by atoms with Gasteiger partial charge in [0.25, 0.3) is 0 Å². The standard InChI is InChI=1S/C16H26N2O/c1-16(2,3)14-6-4-5-7-15(14)18-9-8-13-12-17-10-11-19-13/h4-7,13,17-18H,8-12H2,1-3H3. The van der Waals surface area contributed by atoms with Crippen molar-refractivity contribution in [3.8, 4) is 0 Å². The second-order valence-electron chi connectivity index (χ2n) is 6.21. The van der Waals surface area contributed by atoms with E-state index in [9.17, 15) is 0 Å². The van der Waals surface area contributed by atoms with Crippen molar-refractivity contribution in [2.24, 2.45) is 0 Å². The van der Waals surface area contributed by atoms with E-state index in [2.05, 4.69) is 55.7 Å². The molecule has 19 heavy (non-hydrogen) atoms. The summed E-state index contributed by atoms with van der Waals surface area (Å²) in [6, 6.07) is 8.58. The molecule has 1 aromatic rings. The lowest BCUT2D eigenvalue weighted by Gasteiger charge is -2.26. The zero-order valence-corrected chi connectivity index (χ0v) is 12.3. The molecule has 2 rings (SSSR count). The number of rotatable bonds is 4. The molecule has 1 unspecified atom stereocenters. The highest BCUT2D eigenvalue weighted by Gasteiger charge is 2.18. The average molecular weight is 262 g/mol. The normalized spacial score (nSPS) is 20.3. The highest BCUT2D eigenvalue weighted by atomic mass is 16.5. The summed E-state index contributed by atoms with van der Waals surface area (Å²) in [5.41, 5.74) is 2.79. The van der Waals surface area contributed by atoms with Crippen LogP contribution in [0.4, 0.5) is 5.69 Å². The molecule has 0 bridgehead atoms. The molecule has 0 aromatic heterocycles. The van der Waals surface area contributed by atoms with Gasteiger partial charge < -0.3 is 15.4 Å². The number of hydrogen-bond donors (Lipinski definition) is 2. The molecule has 0 radical (unpaired) electrons. The van der Waals surface area contributed by atoms with Crippen LogP contribution in [0.5, 0.6) is 0 Å². The predicted octanol–water partition coefficient (Wildman–Crippen LogP) is 2.77. The maximum absolute atomic E-state index is 5.71. The van der Waals surface area contributed by atoms with Crippen molar-refractivity contribution >= 4 is 5.69 Å². The lowest BCUT2D eigenvalue weighted by atomic mass is 9.86. The molecule has 1 aliphatic rings. The van der Waals surface area contributed by atoms with Gasteiger partial charge in [-0.1, -0.05) is 39.0 Å². The molecular weight excluding hydrogens is 236 g/mol. The van der Waals surface area contributed by atoms with Gasteiger partial charge in [0.15, 0.2) is 0 Å². The summed E-state index contributed by atoms with van der Waals surface area (Å²) in [6.45, 7) is 10.5. The van der Waals surface area contributed by atoms with Gasteiger partial charge in [0.2, 0.25) is 0 Å². The summed E-state index contributed by atoms with van der Waals surface area (Å²) in [5.74, 6) is 0. The fourth-order valence-corrected chi connectivity index (χ4v) is 2.46. The molecule has 3 heteroatoms. The van der Waals surface area contributed by atoms with Gasteiger partial charge in [-0.05, 0) is 23.5 Å². The minimum atomic E-state index is 0.173. The topological polar surface area (TPSA) is 33.3 Å². The van der Waals surface area contributed by atoms with Crippen molar-refractivity contribution in [3.05, 3.63) is 29.8 Å². The number of para-hydroxylation sites is 1. The highest BCUT2D eigenvalue weighted by molar-refractivity contribution is 5.54. The van der Waals surface area contributed by atoms with Crippen molar-refractivity contribution in [3.63, 3.8) is 0 Å². The van der Waals surface area contributed by atoms with Crippen LogP contribution in [0.2, 0.25) is 0 Å². The second-order valence-corrected chi connectivity index (χ2v) is 6.21. The molecular formula is C16H26N2O. The summed E-state index contributed by atoms with van der Waals surface area (Å²) in [4.78, 5) is 0. The second kappa shape index (κ2) is 6.40. The molecule has 1 saturated heterocycles. The summed E-state index contributed by atoms with van der Waals surface area (Å²) in [7, 11) is 0. The van der Waals surface area contributed by atoms with Crippen molar-refractivity contribution in [1.82, 2.24) is 5.32 Å². The third-order valence-corrected chi connectivity index (χ3v) is 3.52. The zero-order valence-electron chi connectivity index (χ0n) is 12.3. The fraction of sp³-hybridized carbons (Fsp3) is 0.625. The molecule has 3 nitrogen and oxygen atoms in total. The Morgan fingerprint density at radius 3 is 2.79 bits per heavy atom. The third kappa shape index (κ3) is 4.22. The van der Waals surface area contributed by atoms with E-state index in [1.807, 2.05) is 0 Å². The van der Waals surface area contributed by atoms with Crippen LogP contribution in [0.3, 0.4) is 0 Å². The molecule has 1 aliphatic heterocycles. The Labute approximate surface area is 116 Å². The number of morpholine rings is 1. The summed E-state index contributed by atoms with van der Waals surface area (Å²) < 4.78 is 5.71. The first-order valence-corrected chi connectivity index (χ1v) is 7.23. The Balaban J connectivity index is 1.88. The van der Waals surface area contributed by atoms with Crippen LogP contribution in [0, 0.1) is 0 Å². The van der Waals surface area contributed by atoms with Crippen molar-refractivity contribution in [1.29, 1.82) is 0 Å². The molecule has 2 N–H and O–H groups in total. The largest absolute Gasteiger partial charge is 0.385 e. The first-order chi connectivity index (χ1) is 9.07. The molecule has 1 heterocycles. The first kappa shape index (κ1) is 14.4. The Morgan fingerprint density at radius 1 is 1.32 bits per heavy atom. The minimum absolute atomic E-state index is 0.173. The summed E-state index contributed by atoms with van der Waals surface area (Å²) >= 11 is 0. The van der Waals surface area contributed by atoms with E-state index in [4.69, 9.17) is 4.74 Å². The number of anilines is 1. The predicted molar refractivity (Wildman–Crippen MR) is 80.9 cm³/mol. The first-order valence-electron chi connectivity index (χ1n) is 7.23. The van der Waals surface area contributed by atoms with Crippen molar-refractivity contribution in [2.45, 2.75) is 38.7 Å². The lowest BCUT2D eigenvalue weighted by Crippen LogP contribution is -2.39.